The molecular formula is C17H19Cl2NO4. The quantitative estimate of drug-likeness (QED) is 0.807. The molecule has 1 heterocycles. The third-order valence-corrected chi connectivity index (χ3v) is 5.30. The summed E-state index contributed by atoms with van der Waals surface area (Å²) in [6.07, 6.45) is 2.78. The molecule has 1 aliphatic carbocycles. The molecule has 1 aromatic rings. The molecule has 1 N–H and O–H groups in total. The molecule has 1 saturated carbocycles. The van der Waals surface area contributed by atoms with Gasteiger partial charge in [-0.15, -0.1) is 0 Å². The number of ether oxygens (including phenoxy) is 1. The highest BCUT2D eigenvalue weighted by molar-refractivity contribution is 6.35. The zero-order valence-electron chi connectivity index (χ0n) is 13.1. The van der Waals surface area contributed by atoms with E-state index in [2.05, 4.69) is 0 Å². The van der Waals surface area contributed by atoms with E-state index in [1.807, 2.05) is 0 Å². The number of nitrogens with zero attached hydrogens (tertiary/aromatic N) is 1. The van der Waals surface area contributed by atoms with E-state index in [0.29, 0.717) is 15.8 Å². The molecule has 1 saturated heterocycles. The highest BCUT2D eigenvalue weighted by Crippen LogP contribution is 2.46. The summed E-state index contributed by atoms with van der Waals surface area (Å²) >= 11 is 11.8. The van der Waals surface area contributed by atoms with Gasteiger partial charge in [-0.05, 0) is 31.0 Å². The predicted molar refractivity (Wildman–Crippen MR) is 90.2 cm³/mol. The van der Waals surface area contributed by atoms with Gasteiger partial charge in [-0.2, -0.15) is 0 Å². The number of benzene rings is 1. The molecule has 7 heteroatoms. The maximum Gasteiger partial charge on any atom is 0.235 e. The topological polar surface area (TPSA) is 66.8 Å². The van der Waals surface area contributed by atoms with Crippen LogP contribution in [0.15, 0.2) is 18.2 Å². The maximum atomic E-state index is 12.6. The number of rotatable bonds is 5. The second-order valence-corrected chi connectivity index (χ2v) is 7.36. The highest BCUT2D eigenvalue weighted by atomic mass is 35.5. The van der Waals surface area contributed by atoms with Gasteiger partial charge in [-0.25, -0.2) is 0 Å². The van der Waals surface area contributed by atoms with Gasteiger partial charge in [-0.3, -0.25) is 14.5 Å². The van der Waals surface area contributed by atoms with Gasteiger partial charge in [0.15, 0.2) is 0 Å². The predicted octanol–water partition coefficient (Wildman–Crippen LogP) is 3.05. The van der Waals surface area contributed by atoms with Crippen LogP contribution < -0.4 is 4.74 Å². The summed E-state index contributed by atoms with van der Waals surface area (Å²) < 4.78 is 5.46. The molecule has 24 heavy (non-hydrogen) atoms. The summed E-state index contributed by atoms with van der Waals surface area (Å²) in [5.74, 6) is 0.0468. The first-order valence-electron chi connectivity index (χ1n) is 8.02. The lowest BCUT2D eigenvalue weighted by molar-refractivity contribution is -0.143. The molecule has 1 atom stereocenters. The van der Waals surface area contributed by atoms with Gasteiger partial charge in [-0.1, -0.05) is 36.0 Å². The Morgan fingerprint density at radius 3 is 2.62 bits per heavy atom. The average molecular weight is 372 g/mol. The van der Waals surface area contributed by atoms with E-state index in [1.165, 1.54) is 4.90 Å². The van der Waals surface area contributed by atoms with Crippen LogP contribution in [0.4, 0.5) is 0 Å². The molecular weight excluding hydrogens is 353 g/mol. The Bertz CT molecular complexity index is 658. The molecule has 2 amide bonds. The van der Waals surface area contributed by atoms with Gasteiger partial charge in [0.05, 0.1) is 17.0 Å². The smallest absolute Gasteiger partial charge is 0.235 e. The number of halogens is 2. The highest BCUT2D eigenvalue weighted by Gasteiger charge is 2.52. The van der Waals surface area contributed by atoms with Crippen LogP contribution >= 0.6 is 23.2 Å². The number of β-amino-alcohol motifs (C(OH)–C–C–N with tert-alkyl or cyclic N) is 1. The monoisotopic (exact) mass is 371 g/mol. The Morgan fingerprint density at radius 1 is 1.25 bits per heavy atom. The molecule has 0 bridgehead atoms. The number of hydrogen-bond donors (Lipinski definition) is 1. The first kappa shape index (κ1) is 17.5. The van der Waals surface area contributed by atoms with E-state index < -0.39 is 11.5 Å². The molecule has 1 aliphatic heterocycles. The molecule has 3 rings (SSSR count). The fourth-order valence-corrected chi connectivity index (χ4v) is 3.99. The lowest BCUT2D eigenvalue weighted by Gasteiger charge is -2.23. The summed E-state index contributed by atoms with van der Waals surface area (Å²) in [6, 6.07) is 4.78. The number of carbonyl (C=O) groups is 2. The molecule has 130 valence electrons. The van der Waals surface area contributed by atoms with Crippen LogP contribution in [-0.4, -0.2) is 41.1 Å². The van der Waals surface area contributed by atoms with Crippen LogP contribution in [0.25, 0.3) is 0 Å². The first-order valence-corrected chi connectivity index (χ1v) is 8.78. The Hall–Kier alpha value is -1.30. The number of aliphatic hydroxyl groups excluding tert-OH is 1. The summed E-state index contributed by atoms with van der Waals surface area (Å²) in [5, 5.41) is 11.0. The standard InChI is InChI=1S/C17H19Cl2NO4/c18-11-3-4-14(13(19)7-11)24-10-12(21)9-20-15(22)8-17(16(20)23)5-1-2-6-17/h3-4,7,12,21H,1-2,5-6,8-10H2/t12-/m0/s1. The van der Waals surface area contributed by atoms with Crippen molar-refractivity contribution in [2.75, 3.05) is 13.2 Å². The van der Waals surface area contributed by atoms with Crippen molar-refractivity contribution in [3.8, 4) is 5.75 Å². The summed E-state index contributed by atoms with van der Waals surface area (Å²) in [4.78, 5) is 25.9. The number of likely N-dealkylation sites (tertiary alicyclic amines) is 1. The van der Waals surface area contributed by atoms with Crippen LogP contribution in [0.1, 0.15) is 32.1 Å². The molecule has 0 aromatic heterocycles. The van der Waals surface area contributed by atoms with E-state index in [0.717, 1.165) is 25.7 Å². The van der Waals surface area contributed by atoms with Gasteiger partial charge < -0.3 is 9.84 Å². The normalized spacial score (nSPS) is 20.9. The first-order chi connectivity index (χ1) is 11.4. The van der Waals surface area contributed by atoms with Crippen molar-refractivity contribution in [2.45, 2.75) is 38.2 Å². The van der Waals surface area contributed by atoms with E-state index in [4.69, 9.17) is 27.9 Å². The second-order valence-electron chi connectivity index (χ2n) is 6.51. The molecule has 1 aromatic carbocycles. The number of aliphatic hydroxyl groups is 1. The Labute approximate surface area is 150 Å². The van der Waals surface area contributed by atoms with Crippen molar-refractivity contribution in [2.24, 2.45) is 5.41 Å². The third-order valence-electron chi connectivity index (χ3n) is 4.77. The SMILES string of the molecule is O=C1CC2(CCCC2)C(=O)N1C[C@H](O)COc1ccc(Cl)cc1Cl. The van der Waals surface area contributed by atoms with Crippen molar-refractivity contribution in [1.29, 1.82) is 0 Å². The van der Waals surface area contributed by atoms with Crippen LogP contribution in [0.5, 0.6) is 5.75 Å². The Kier molecular flexibility index (Phi) is 5.04. The third kappa shape index (κ3) is 3.39. The van der Waals surface area contributed by atoms with Crippen molar-refractivity contribution in [1.82, 2.24) is 4.90 Å². The van der Waals surface area contributed by atoms with Crippen molar-refractivity contribution in [3.05, 3.63) is 28.2 Å². The summed E-state index contributed by atoms with van der Waals surface area (Å²) in [7, 11) is 0. The number of hydrogen-bond acceptors (Lipinski definition) is 4. The summed E-state index contributed by atoms with van der Waals surface area (Å²) in [5.41, 5.74) is -0.517. The van der Waals surface area contributed by atoms with Gasteiger partial charge in [0.2, 0.25) is 11.8 Å². The fraction of sp³-hybridized carbons (Fsp3) is 0.529. The number of imide groups is 1. The van der Waals surface area contributed by atoms with Crippen LogP contribution in [0.3, 0.4) is 0 Å². The minimum Gasteiger partial charge on any atom is -0.489 e. The van der Waals surface area contributed by atoms with E-state index >= 15 is 0 Å². The zero-order valence-corrected chi connectivity index (χ0v) is 14.6. The van der Waals surface area contributed by atoms with Crippen LogP contribution in [0.2, 0.25) is 10.0 Å². The van der Waals surface area contributed by atoms with Crippen molar-refractivity contribution in [3.63, 3.8) is 0 Å². The minimum absolute atomic E-state index is 0.0510. The van der Waals surface area contributed by atoms with E-state index in [1.54, 1.807) is 18.2 Å². The molecule has 2 fully saturated rings. The number of carbonyl (C=O) groups excluding carboxylic acids is 2. The van der Waals surface area contributed by atoms with Gasteiger partial charge in [0.25, 0.3) is 0 Å². The maximum absolute atomic E-state index is 12.6. The van der Waals surface area contributed by atoms with Gasteiger partial charge >= 0.3 is 0 Å². The van der Waals surface area contributed by atoms with E-state index in [-0.39, 0.29) is 31.4 Å². The van der Waals surface area contributed by atoms with Crippen molar-refractivity contribution < 1.29 is 19.4 Å². The van der Waals surface area contributed by atoms with E-state index in [9.17, 15) is 14.7 Å². The van der Waals surface area contributed by atoms with Gasteiger partial charge in [0, 0.05) is 11.4 Å². The van der Waals surface area contributed by atoms with Crippen LogP contribution in [-0.2, 0) is 9.59 Å². The average Bonchev–Trinajstić information content (AvgIpc) is 3.08. The number of amides is 2. The summed E-state index contributed by atoms with van der Waals surface area (Å²) in [6.45, 7) is -0.115. The Morgan fingerprint density at radius 2 is 1.96 bits per heavy atom. The molecule has 2 aliphatic rings. The fourth-order valence-electron chi connectivity index (χ4n) is 3.53. The van der Waals surface area contributed by atoms with Crippen molar-refractivity contribution >= 4 is 35.0 Å². The van der Waals surface area contributed by atoms with Crippen LogP contribution in [0, 0.1) is 5.41 Å². The molecule has 0 radical (unpaired) electrons. The largest absolute Gasteiger partial charge is 0.489 e. The molecule has 5 nitrogen and oxygen atoms in total. The molecule has 0 unspecified atom stereocenters. The lowest BCUT2D eigenvalue weighted by atomic mass is 9.84. The Balaban J connectivity index is 1.57. The second kappa shape index (κ2) is 6.90. The lowest BCUT2D eigenvalue weighted by Crippen LogP contribution is -2.41. The molecule has 1 spiro atoms. The minimum atomic E-state index is -0.971. The zero-order chi connectivity index (χ0) is 17.3. The van der Waals surface area contributed by atoms with Gasteiger partial charge in [0.1, 0.15) is 18.5 Å².